The van der Waals surface area contributed by atoms with Crippen molar-refractivity contribution in [2.24, 2.45) is 0 Å². The van der Waals surface area contributed by atoms with Crippen molar-refractivity contribution in [3.63, 3.8) is 0 Å². The van der Waals surface area contributed by atoms with E-state index < -0.39 is 0 Å². The molecule has 0 fully saturated rings. The molecule has 0 aliphatic heterocycles. The Morgan fingerprint density at radius 2 is 1.95 bits per heavy atom. The molecule has 0 aromatic carbocycles. The minimum Gasteiger partial charge on any atom is -0.481 e. The Kier molecular flexibility index (Phi) is 3.20. The summed E-state index contributed by atoms with van der Waals surface area (Å²) in [6.45, 7) is 2.06. The molecule has 3 rings (SSSR count). The lowest BCUT2D eigenvalue weighted by Gasteiger charge is -2.23. The molecule has 2 aromatic heterocycles. The van der Waals surface area contributed by atoms with Crippen LogP contribution in [0.1, 0.15) is 29.7 Å². The van der Waals surface area contributed by atoms with Gasteiger partial charge in [0.15, 0.2) is 0 Å². The topological polar surface area (TPSA) is 35.0 Å². The molecule has 0 spiro atoms. The maximum Gasteiger partial charge on any atom is 0.216 e. The molecule has 1 aliphatic carbocycles. The van der Waals surface area contributed by atoms with Gasteiger partial charge in [-0.05, 0) is 44.2 Å². The third-order valence-corrected chi connectivity index (χ3v) is 3.80. The second-order valence-electron chi connectivity index (χ2n) is 4.99. The maximum absolute atomic E-state index is 5.46. The molecule has 2 aromatic rings. The van der Waals surface area contributed by atoms with Gasteiger partial charge in [0.1, 0.15) is 0 Å². The molecular formula is C16H18N2O. The monoisotopic (exact) mass is 254 g/mol. The second kappa shape index (κ2) is 5.00. The van der Waals surface area contributed by atoms with Gasteiger partial charge >= 0.3 is 0 Å². The molecule has 98 valence electrons. The van der Waals surface area contributed by atoms with Crippen LogP contribution in [-0.2, 0) is 12.8 Å². The molecule has 0 unspecified atom stereocenters. The average Bonchev–Trinajstić information content (AvgIpc) is 2.47. The lowest BCUT2D eigenvalue weighted by molar-refractivity contribution is 0.388. The van der Waals surface area contributed by atoms with Crippen LogP contribution >= 0.6 is 0 Å². The van der Waals surface area contributed by atoms with Crippen molar-refractivity contribution < 1.29 is 4.74 Å². The standard InChI is InChI=1S/C16H18N2O/c1-11-15(12-6-5-9-17-10-12)13-7-3-4-8-14(13)16(18-11)19-2/h5-6,9-10H,3-4,7-8H2,1-2H3. The van der Waals surface area contributed by atoms with Gasteiger partial charge in [-0.25, -0.2) is 4.98 Å². The predicted octanol–water partition coefficient (Wildman–Crippen LogP) is 3.34. The van der Waals surface area contributed by atoms with Gasteiger partial charge in [0.25, 0.3) is 0 Å². The van der Waals surface area contributed by atoms with E-state index in [0.717, 1.165) is 30.0 Å². The predicted molar refractivity (Wildman–Crippen MR) is 75.4 cm³/mol. The SMILES string of the molecule is COc1nc(C)c(-c2cccnc2)c2c1CCCC2. The molecule has 19 heavy (non-hydrogen) atoms. The number of hydrogen-bond donors (Lipinski definition) is 0. The molecule has 3 heteroatoms. The number of aryl methyl sites for hydroxylation is 1. The van der Waals surface area contributed by atoms with Gasteiger partial charge in [0, 0.05) is 34.8 Å². The molecule has 1 aliphatic rings. The fraction of sp³-hybridized carbons (Fsp3) is 0.375. The molecule has 2 heterocycles. The van der Waals surface area contributed by atoms with Crippen molar-refractivity contribution in [3.05, 3.63) is 41.3 Å². The summed E-state index contributed by atoms with van der Waals surface area (Å²) >= 11 is 0. The van der Waals surface area contributed by atoms with Gasteiger partial charge in [-0.15, -0.1) is 0 Å². The van der Waals surface area contributed by atoms with Crippen LogP contribution in [-0.4, -0.2) is 17.1 Å². The van der Waals surface area contributed by atoms with E-state index in [1.807, 2.05) is 18.5 Å². The van der Waals surface area contributed by atoms with Gasteiger partial charge in [-0.1, -0.05) is 6.07 Å². The summed E-state index contributed by atoms with van der Waals surface area (Å²) in [6, 6.07) is 4.09. The van der Waals surface area contributed by atoms with Gasteiger partial charge in [0.05, 0.1) is 7.11 Å². The molecule has 0 amide bonds. The lowest BCUT2D eigenvalue weighted by atomic mass is 9.86. The van der Waals surface area contributed by atoms with Crippen molar-refractivity contribution in [1.29, 1.82) is 0 Å². The Balaban J connectivity index is 2.25. The Morgan fingerprint density at radius 1 is 1.16 bits per heavy atom. The minimum atomic E-state index is 0.805. The molecule has 0 radical (unpaired) electrons. The van der Waals surface area contributed by atoms with E-state index >= 15 is 0 Å². The van der Waals surface area contributed by atoms with E-state index in [0.29, 0.717) is 0 Å². The van der Waals surface area contributed by atoms with Crippen molar-refractivity contribution >= 4 is 0 Å². The summed E-state index contributed by atoms with van der Waals surface area (Å²) in [7, 11) is 1.71. The van der Waals surface area contributed by atoms with E-state index in [1.54, 1.807) is 7.11 Å². The minimum absolute atomic E-state index is 0.805. The smallest absolute Gasteiger partial charge is 0.216 e. The van der Waals surface area contributed by atoms with Crippen LogP contribution in [0, 0.1) is 6.92 Å². The Labute approximate surface area is 113 Å². The second-order valence-corrected chi connectivity index (χ2v) is 4.99. The largest absolute Gasteiger partial charge is 0.481 e. The molecule has 0 saturated heterocycles. The number of aromatic nitrogens is 2. The van der Waals surface area contributed by atoms with Gasteiger partial charge in [0.2, 0.25) is 5.88 Å². The van der Waals surface area contributed by atoms with Gasteiger partial charge in [-0.3, -0.25) is 4.98 Å². The van der Waals surface area contributed by atoms with Crippen LogP contribution in [0.3, 0.4) is 0 Å². The first-order valence-corrected chi connectivity index (χ1v) is 6.78. The van der Waals surface area contributed by atoms with Gasteiger partial charge < -0.3 is 4.74 Å². The number of rotatable bonds is 2. The fourth-order valence-corrected chi connectivity index (χ4v) is 2.97. The summed E-state index contributed by atoms with van der Waals surface area (Å²) in [5.74, 6) is 0.805. The Morgan fingerprint density at radius 3 is 2.63 bits per heavy atom. The Hall–Kier alpha value is -1.90. The zero-order chi connectivity index (χ0) is 13.2. The van der Waals surface area contributed by atoms with E-state index in [4.69, 9.17) is 4.74 Å². The van der Waals surface area contributed by atoms with Crippen LogP contribution in [0.15, 0.2) is 24.5 Å². The van der Waals surface area contributed by atoms with Crippen LogP contribution in [0.4, 0.5) is 0 Å². The summed E-state index contributed by atoms with van der Waals surface area (Å²) in [6.07, 6.45) is 8.37. The first-order chi connectivity index (χ1) is 9.31. The number of nitrogens with zero attached hydrogens (tertiary/aromatic N) is 2. The van der Waals surface area contributed by atoms with Crippen molar-refractivity contribution in [1.82, 2.24) is 9.97 Å². The maximum atomic E-state index is 5.46. The highest BCUT2D eigenvalue weighted by molar-refractivity contribution is 5.71. The van der Waals surface area contributed by atoms with Crippen LogP contribution < -0.4 is 4.74 Å². The van der Waals surface area contributed by atoms with Crippen LogP contribution in [0.5, 0.6) is 5.88 Å². The highest BCUT2D eigenvalue weighted by Crippen LogP contribution is 2.37. The molecule has 0 N–H and O–H groups in total. The third kappa shape index (κ3) is 2.09. The summed E-state index contributed by atoms with van der Waals surface area (Å²) in [5.41, 5.74) is 6.14. The number of ether oxygens (including phenoxy) is 1. The van der Waals surface area contributed by atoms with Crippen LogP contribution in [0.2, 0.25) is 0 Å². The van der Waals surface area contributed by atoms with E-state index in [2.05, 4.69) is 23.0 Å². The van der Waals surface area contributed by atoms with Crippen molar-refractivity contribution in [3.8, 4) is 17.0 Å². The highest BCUT2D eigenvalue weighted by Gasteiger charge is 2.21. The quantitative estimate of drug-likeness (QED) is 0.824. The number of hydrogen-bond acceptors (Lipinski definition) is 3. The van der Waals surface area contributed by atoms with E-state index in [9.17, 15) is 0 Å². The third-order valence-electron chi connectivity index (χ3n) is 3.80. The number of fused-ring (bicyclic) bond motifs is 1. The van der Waals surface area contributed by atoms with E-state index in [-0.39, 0.29) is 0 Å². The highest BCUT2D eigenvalue weighted by atomic mass is 16.5. The molecule has 0 atom stereocenters. The number of pyridine rings is 2. The Bertz CT molecular complexity index is 593. The van der Waals surface area contributed by atoms with E-state index in [1.165, 1.54) is 29.5 Å². The lowest BCUT2D eigenvalue weighted by Crippen LogP contribution is -2.10. The molecule has 0 bridgehead atoms. The fourth-order valence-electron chi connectivity index (χ4n) is 2.97. The zero-order valence-electron chi connectivity index (χ0n) is 11.4. The summed E-state index contributed by atoms with van der Waals surface area (Å²) in [4.78, 5) is 8.87. The molecule has 0 saturated carbocycles. The van der Waals surface area contributed by atoms with Crippen molar-refractivity contribution in [2.75, 3.05) is 7.11 Å². The molecular weight excluding hydrogens is 236 g/mol. The normalized spacial score (nSPS) is 14.0. The van der Waals surface area contributed by atoms with Gasteiger partial charge in [-0.2, -0.15) is 0 Å². The molecule has 3 nitrogen and oxygen atoms in total. The summed E-state index contributed by atoms with van der Waals surface area (Å²) in [5, 5.41) is 0. The van der Waals surface area contributed by atoms with Crippen LogP contribution in [0.25, 0.3) is 11.1 Å². The first kappa shape index (κ1) is 12.2. The first-order valence-electron chi connectivity index (χ1n) is 6.78. The summed E-state index contributed by atoms with van der Waals surface area (Å²) < 4.78 is 5.46. The number of methoxy groups -OCH3 is 1. The zero-order valence-corrected chi connectivity index (χ0v) is 11.4. The van der Waals surface area contributed by atoms with Crippen molar-refractivity contribution in [2.45, 2.75) is 32.6 Å². The average molecular weight is 254 g/mol.